The molecule has 2 aromatic carbocycles. The zero-order valence-corrected chi connectivity index (χ0v) is 23.9. The van der Waals surface area contributed by atoms with Crippen LogP contribution in [-0.2, 0) is 4.79 Å². The van der Waals surface area contributed by atoms with Gasteiger partial charge in [0.2, 0.25) is 5.91 Å². The van der Waals surface area contributed by atoms with Crippen LogP contribution in [0.2, 0.25) is 0 Å². The molecule has 0 saturated heterocycles. The Kier molecular flexibility index (Phi) is 9.48. The standard InChI is InChI=1S/C27H25BrFN5O2S2/c1-34(2)25(35)13-18(16-37-19-6-4-3-5-7-19)32-26-21-10-8-17(29)12-23(21)30-15-22(26)27(36)33-31-14-20-9-11-24(28)38-20/h3-12,14-15,18H,13,16H2,1-2H3,(H,30,32)(H,33,36)/b31-14+. The van der Waals surface area contributed by atoms with E-state index in [0.29, 0.717) is 22.3 Å². The van der Waals surface area contributed by atoms with E-state index in [1.807, 2.05) is 42.5 Å². The van der Waals surface area contributed by atoms with Crippen LogP contribution in [0.4, 0.5) is 10.1 Å². The molecule has 4 aromatic rings. The molecule has 7 nitrogen and oxygen atoms in total. The summed E-state index contributed by atoms with van der Waals surface area (Å²) in [5.41, 5.74) is 3.64. The smallest absolute Gasteiger partial charge is 0.275 e. The Morgan fingerprint density at radius 1 is 1.18 bits per heavy atom. The molecule has 0 fully saturated rings. The van der Waals surface area contributed by atoms with Gasteiger partial charge in [-0.05, 0) is 52.3 Å². The first-order chi connectivity index (χ1) is 18.3. The highest BCUT2D eigenvalue weighted by Crippen LogP contribution is 2.29. The fourth-order valence-electron chi connectivity index (χ4n) is 3.57. The molecule has 0 aliphatic carbocycles. The first kappa shape index (κ1) is 27.7. The van der Waals surface area contributed by atoms with Gasteiger partial charge in [0.05, 0.1) is 26.8 Å². The number of amides is 2. The van der Waals surface area contributed by atoms with E-state index in [1.165, 1.54) is 34.6 Å². The molecule has 0 spiro atoms. The normalized spacial score (nSPS) is 12.0. The van der Waals surface area contributed by atoms with Crippen molar-refractivity contribution in [1.29, 1.82) is 0 Å². The van der Waals surface area contributed by atoms with Gasteiger partial charge in [0, 0.05) is 59.7 Å². The fraction of sp³-hybridized carbons (Fsp3) is 0.185. The molecule has 38 heavy (non-hydrogen) atoms. The first-order valence-corrected chi connectivity index (χ1v) is 14.2. The van der Waals surface area contributed by atoms with Crippen LogP contribution >= 0.6 is 39.0 Å². The van der Waals surface area contributed by atoms with Crippen LogP contribution in [0.1, 0.15) is 21.7 Å². The van der Waals surface area contributed by atoms with Gasteiger partial charge in [-0.1, -0.05) is 18.2 Å². The van der Waals surface area contributed by atoms with E-state index in [1.54, 1.807) is 38.1 Å². The lowest BCUT2D eigenvalue weighted by Crippen LogP contribution is -2.33. The van der Waals surface area contributed by atoms with Gasteiger partial charge in [0.1, 0.15) is 5.82 Å². The number of nitrogens with one attached hydrogen (secondary N) is 2. The van der Waals surface area contributed by atoms with Crippen LogP contribution in [0.25, 0.3) is 10.9 Å². The Hall–Kier alpha value is -3.28. The SMILES string of the molecule is CN(C)C(=O)CC(CSc1ccccc1)Nc1c(C(=O)N/N=C/c2ccc(Br)s2)cnc2cc(F)ccc12. The maximum Gasteiger partial charge on any atom is 0.275 e. The van der Waals surface area contributed by atoms with Gasteiger partial charge in [-0.25, -0.2) is 9.82 Å². The molecule has 2 N–H and O–H groups in total. The molecule has 0 aliphatic heterocycles. The van der Waals surface area contributed by atoms with E-state index in [4.69, 9.17) is 0 Å². The molecule has 0 bridgehead atoms. The number of fused-ring (bicyclic) bond motifs is 1. The summed E-state index contributed by atoms with van der Waals surface area (Å²) in [6.07, 6.45) is 3.15. The maximum atomic E-state index is 14.0. The predicted octanol–water partition coefficient (Wildman–Crippen LogP) is 6.01. The number of hydrazone groups is 1. The molecule has 0 aliphatic rings. The quantitative estimate of drug-likeness (QED) is 0.130. The minimum Gasteiger partial charge on any atom is -0.380 e. The zero-order chi connectivity index (χ0) is 27.1. The van der Waals surface area contributed by atoms with Crippen molar-refractivity contribution >= 4 is 73.6 Å². The summed E-state index contributed by atoms with van der Waals surface area (Å²) in [6, 6.07) is 17.5. The Labute approximate surface area is 236 Å². The molecule has 0 saturated carbocycles. The Morgan fingerprint density at radius 3 is 2.68 bits per heavy atom. The van der Waals surface area contributed by atoms with Crippen molar-refractivity contribution < 1.29 is 14.0 Å². The van der Waals surface area contributed by atoms with Crippen LogP contribution in [-0.4, -0.2) is 53.8 Å². The zero-order valence-electron chi connectivity index (χ0n) is 20.7. The molecule has 4 rings (SSSR count). The largest absolute Gasteiger partial charge is 0.380 e. The highest BCUT2D eigenvalue weighted by Gasteiger charge is 2.22. The van der Waals surface area contributed by atoms with Crippen LogP contribution in [0.3, 0.4) is 0 Å². The Bertz CT molecular complexity index is 1460. The monoisotopic (exact) mass is 613 g/mol. The van der Waals surface area contributed by atoms with Crippen molar-refractivity contribution in [3.63, 3.8) is 0 Å². The van der Waals surface area contributed by atoms with Crippen molar-refractivity contribution in [2.24, 2.45) is 5.10 Å². The highest BCUT2D eigenvalue weighted by atomic mass is 79.9. The van der Waals surface area contributed by atoms with Crippen molar-refractivity contribution in [2.75, 3.05) is 25.2 Å². The van der Waals surface area contributed by atoms with Crippen LogP contribution in [0.5, 0.6) is 0 Å². The number of carbonyl (C=O) groups is 2. The second kappa shape index (κ2) is 13.0. The van der Waals surface area contributed by atoms with Gasteiger partial charge in [-0.3, -0.25) is 14.6 Å². The molecule has 1 unspecified atom stereocenters. The minimum atomic E-state index is -0.480. The number of aromatic nitrogens is 1. The molecule has 1 atom stereocenters. The maximum absolute atomic E-state index is 14.0. The number of halogens is 2. The van der Waals surface area contributed by atoms with E-state index in [9.17, 15) is 14.0 Å². The van der Waals surface area contributed by atoms with Gasteiger partial charge < -0.3 is 10.2 Å². The molecule has 0 radical (unpaired) electrons. The molecular formula is C27H25BrFN5O2S2. The van der Waals surface area contributed by atoms with E-state index in [-0.39, 0.29) is 23.9 Å². The third-order valence-corrected chi connectivity index (χ3v) is 8.22. The number of thiophene rings is 1. The lowest BCUT2D eigenvalue weighted by molar-refractivity contribution is -0.128. The lowest BCUT2D eigenvalue weighted by atomic mass is 10.1. The predicted molar refractivity (Wildman–Crippen MR) is 157 cm³/mol. The van der Waals surface area contributed by atoms with Crippen molar-refractivity contribution in [2.45, 2.75) is 17.4 Å². The third kappa shape index (κ3) is 7.40. The number of hydrogen-bond donors (Lipinski definition) is 2. The topological polar surface area (TPSA) is 86.7 Å². The number of pyridine rings is 1. The summed E-state index contributed by atoms with van der Waals surface area (Å²) in [5.74, 6) is -0.412. The van der Waals surface area contributed by atoms with E-state index in [0.717, 1.165) is 13.6 Å². The van der Waals surface area contributed by atoms with Crippen molar-refractivity contribution in [3.8, 4) is 0 Å². The number of benzene rings is 2. The van der Waals surface area contributed by atoms with Gasteiger partial charge in [0.25, 0.3) is 5.91 Å². The second-order valence-corrected chi connectivity index (χ2v) is 12.1. The molecule has 2 heterocycles. The van der Waals surface area contributed by atoms with Crippen molar-refractivity contribution in [1.82, 2.24) is 15.3 Å². The average Bonchev–Trinajstić information content (AvgIpc) is 3.32. The van der Waals surface area contributed by atoms with E-state index < -0.39 is 11.7 Å². The molecule has 196 valence electrons. The van der Waals surface area contributed by atoms with Crippen LogP contribution in [0.15, 0.2) is 80.6 Å². The van der Waals surface area contributed by atoms with Gasteiger partial charge in [0.15, 0.2) is 0 Å². The summed E-state index contributed by atoms with van der Waals surface area (Å²) < 4.78 is 14.9. The second-order valence-electron chi connectivity index (χ2n) is 8.51. The summed E-state index contributed by atoms with van der Waals surface area (Å²) in [6.45, 7) is 0. The number of rotatable bonds is 10. The Morgan fingerprint density at radius 2 is 1.97 bits per heavy atom. The lowest BCUT2D eigenvalue weighted by Gasteiger charge is -2.23. The summed E-state index contributed by atoms with van der Waals surface area (Å²) in [5, 5.41) is 8.06. The van der Waals surface area contributed by atoms with Crippen LogP contribution in [0, 0.1) is 5.82 Å². The summed E-state index contributed by atoms with van der Waals surface area (Å²) in [7, 11) is 3.41. The van der Waals surface area contributed by atoms with E-state index in [2.05, 4.69) is 36.8 Å². The number of thioether (sulfide) groups is 1. The molecule has 11 heteroatoms. The summed E-state index contributed by atoms with van der Waals surface area (Å²) >= 11 is 6.48. The molecular weight excluding hydrogens is 589 g/mol. The third-order valence-electron chi connectivity index (χ3n) is 5.49. The molecule has 2 aromatic heterocycles. The number of hydrogen-bond acceptors (Lipinski definition) is 7. The average molecular weight is 615 g/mol. The fourth-order valence-corrected chi connectivity index (χ4v) is 5.81. The van der Waals surface area contributed by atoms with Crippen LogP contribution < -0.4 is 10.7 Å². The summed E-state index contributed by atoms with van der Waals surface area (Å²) in [4.78, 5) is 33.6. The molecule has 2 amide bonds. The van der Waals surface area contributed by atoms with Gasteiger partial charge >= 0.3 is 0 Å². The van der Waals surface area contributed by atoms with Crippen molar-refractivity contribution in [3.05, 3.63) is 86.9 Å². The van der Waals surface area contributed by atoms with E-state index >= 15 is 0 Å². The minimum absolute atomic E-state index is 0.0572. The number of carbonyl (C=O) groups excluding carboxylic acids is 2. The van der Waals surface area contributed by atoms with Gasteiger partial charge in [-0.15, -0.1) is 23.1 Å². The highest BCUT2D eigenvalue weighted by molar-refractivity contribution is 9.11. The Balaban J connectivity index is 1.65. The number of anilines is 1. The number of nitrogens with zero attached hydrogens (tertiary/aromatic N) is 3. The van der Waals surface area contributed by atoms with Gasteiger partial charge in [-0.2, -0.15) is 5.10 Å². The first-order valence-electron chi connectivity index (χ1n) is 11.6.